The van der Waals surface area contributed by atoms with E-state index in [2.05, 4.69) is 27.6 Å². The highest BCUT2D eigenvalue weighted by molar-refractivity contribution is 7.15. The quantitative estimate of drug-likeness (QED) is 0.928. The summed E-state index contributed by atoms with van der Waals surface area (Å²) < 4.78 is 0.731. The Hall–Kier alpha value is -0.490. The van der Waals surface area contributed by atoms with E-state index in [0.717, 1.165) is 26.6 Å². The minimum absolute atomic E-state index is 0.251. The SMILES string of the molecule is Cc1csc(C(C)NCc2ncc(Cl)s2)n1. The van der Waals surface area contributed by atoms with Crippen molar-refractivity contribution in [3.05, 3.63) is 31.6 Å². The molecule has 1 atom stereocenters. The number of nitrogens with zero attached hydrogens (tertiary/aromatic N) is 2. The molecule has 2 heterocycles. The molecule has 3 nitrogen and oxygen atoms in total. The number of thiazole rings is 2. The van der Waals surface area contributed by atoms with E-state index in [-0.39, 0.29) is 6.04 Å². The predicted molar refractivity (Wildman–Crippen MR) is 69.2 cm³/mol. The second-order valence-corrected chi connectivity index (χ2v) is 6.12. The highest BCUT2D eigenvalue weighted by atomic mass is 35.5. The van der Waals surface area contributed by atoms with Crippen LogP contribution in [-0.2, 0) is 6.54 Å². The van der Waals surface area contributed by atoms with Gasteiger partial charge in [0.1, 0.15) is 14.4 Å². The van der Waals surface area contributed by atoms with Crippen molar-refractivity contribution >= 4 is 34.3 Å². The van der Waals surface area contributed by atoms with Crippen molar-refractivity contribution in [2.75, 3.05) is 0 Å². The lowest BCUT2D eigenvalue weighted by Crippen LogP contribution is -2.17. The van der Waals surface area contributed by atoms with E-state index < -0.39 is 0 Å². The van der Waals surface area contributed by atoms with Gasteiger partial charge in [0.2, 0.25) is 0 Å². The zero-order valence-electron chi connectivity index (χ0n) is 9.03. The van der Waals surface area contributed by atoms with Crippen LogP contribution in [0.3, 0.4) is 0 Å². The number of aryl methyl sites for hydroxylation is 1. The van der Waals surface area contributed by atoms with Crippen LogP contribution in [-0.4, -0.2) is 9.97 Å². The number of hydrogen-bond acceptors (Lipinski definition) is 5. The fourth-order valence-corrected chi connectivity index (χ4v) is 3.00. The van der Waals surface area contributed by atoms with Gasteiger partial charge in [0.05, 0.1) is 12.2 Å². The average Bonchev–Trinajstić information content (AvgIpc) is 2.84. The summed E-state index contributed by atoms with van der Waals surface area (Å²) in [5.41, 5.74) is 1.07. The van der Waals surface area contributed by atoms with Crippen LogP contribution in [0.25, 0.3) is 0 Å². The van der Waals surface area contributed by atoms with Crippen molar-refractivity contribution in [2.24, 2.45) is 0 Å². The number of aromatic nitrogens is 2. The van der Waals surface area contributed by atoms with Crippen LogP contribution in [0.4, 0.5) is 0 Å². The summed E-state index contributed by atoms with van der Waals surface area (Å²) in [6, 6.07) is 0.251. The van der Waals surface area contributed by atoms with Crippen LogP contribution < -0.4 is 5.32 Å². The normalized spacial score (nSPS) is 12.9. The van der Waals surface area contributed by atoms with Gasteiger partial charge >= 0.3 is 0 Å². The lowest BCUT2D eigenvalue weighted by Gasteiger charge is -2.08. The number of halogens is 1. The Morgan fingerprint density at radius 3 is 2.94 bits per heavy atom. The molecule has 0 saturated carbocycles. The molecule has 0 aliphatic rings. The summed E-state index contributed by atoms with van der Waals surface area (Å²) in [6.07, 6.45) is 1.68. The minimum atomic E-state index is 0.251. The first-order valence-corrected chi connectivity index (χ1v) is 6.98. The minimum Gasteiger partial charge on any atom is -0.302 e. The zero-order valence-corrected chi connectivity index (χ0v) is 11.4. The molecule has 0 radical (unpaired) electrons. The molecule has 2 aromatic rings. The number of rotatable bonds is 4. The molecule has 0 saturated heterocycles. The van der Waals surface area contributed by atoms with Gasteiger partial charge in [0.15, 0.2) is 0 Å². The summed E-state index contributed by atoms with van der Waals surface area (Å²) in [7, 11) is 0. The third-order valence-corrected chi connectivity index (χ3v) is 4.35. The predicted octanol–water partition coefficient (Wildman–Crippen LogP) is 3.41. The first-order chi connectivity index (χ1) is 7.65. The second-order valence-electron chi connectivity index (χ2n) is 3.49. The van der Waals surface area contributed by atoms with Crippen molar-refractivity contribution < 1.29 is 0 Å². The van der Waals surface area contributed by atoms with Crippen LogP contribution >= 0.6 is 34.3 Å². The van der Waals surface area contributed by atoms with Gasteiger partial charge in [-0.05, 0) is 13.8 Å². The highest BCUT2D eigenvalue weighted by Crippen LogP contribution is 2.20. The lowest BCUT2D eigenvalue weighted by atomic mass is 10.3. The van der Waals surface area contributed by atoms with E-state index in [9.17, 15) is 0 Å². The molecule has 86 valence electrons. The Bertz CT molecular complexity index is 466. The molecule has 0 aliphatic carbocycles. The van der Waals surface area contributed by atoms with Crippen LogP contribution in [0, 0.1) is 6.92 Å². The third kappa shape index (κ3) is 3.01. The fraction of sp³-hybridized carbons (Fsp3) is 0.400. The highest BCUT2D eigenvalue weighted by Gasteiger charge is 2.09. The number of hydrogen-bond donors (Lipinski definition) is 1. The van der Waals surface area contributed by atoms with Gasteiger partial charge in [-0.2, -0.15) is 0 Å². The van der Waals surface area contributed by atoms with E-state index in [1.165, 1.54) is 11.3 Å². The summed E-state index contributed by atoms with van der Waals surface area (Å²) in [5, 5.41) is 7.56. The standard InChI is InChI=1S/C10H12ClN3S2/c1-6-5-15-10(14-6)7(2)12-4-9-13-3-8(11)16-9/h3,5,7,12H,4H2,1-2H3. The van der Waals surface area contributed by atoms with Gasteiger partial charge in [-0.15, -0.1) is 22.7 Å². The van der Waals surface area contributed by atoms with Crippen molar-refractivity contribution in [3.8, 4) is 0 Å². The molecule has 0 fully saturated rings. The van der Waals surface area contributed by atoms with Crippen molar-refractivity contribution in [2.45, 2.75) is 26.4 Å². The summed E-state index contributed by atoms with van der Waals surface area (Å²) in [6.45, 7) is 4.85. The van der Waals surface area contributed by atoms with Gasteiger partial charge < -0.3 is 5.32 Å². The van der Waals surface area contributed by atoms with Gasteiger partial charge in [-0.3, -0.25) is 0 Å². The van der Waals surface area contributed by atoms with Crippen LogP contribution in [0.15, 0.2) is 11.6 Å². The first kappa shape index (κ1) is 12.0. The molecule has 1 N–H and O–H groups in total. The molecule has 0 aliphatic heterocycles. The Kier molecular flexibility index (Phi) is 3.91. The second kappa shape index (κ2) is 5.23. The maximum absolute atomic E-state index is 5.81. The molecule has 1 unspecified atom stereocenters. The molecule has 16 heavy (non-hydrogen) atoms. The topological polar surface area (TPSA) is 37.8 Å². The molecule has 0 amide bonds. The van der Waals surface area contributed by atoms with Crippen LogP contribution in [0.1, 0.15) is 28.7 Å². The Labute approximate surface area is 108 Å². The maximum Gasteiger partial charge on any atom is 0.113 e. The summed E-state index contributed by atoms with van der Waals surface area (Å²) >= 11 is 9.00. The maximum atomic E-state index is 5.81. The largest absolute Gasteiger partial charge is 0.302 e. The van der Waals surface area contributed by atoms with E-state index in [1.807, 2.05) is 6.92 Å². The monoisotopic (exact) mass is 273 g/mol. The molecule has 0 spiro atoms. The Morgan fingerprint density at radius 1 is 1.56 bits per heavy atom. The molecule has 0 aromatic carbocycles. The third-order valence-electron chi connectivity index (χ3n) is 2.09. The van der Waals surface area contributed by atoms with Gasteiger partial charge in [0.25, 0.3) is 0 Å². The van der Waals surface area contributed by atoms with Crippen molar-refractivity contribution in [3.63, 3.8) is 0 Å². The van der Waals surface area contributed by atoms with E-state index in [4.69, 9.17) is 11.6 Å². The first-order valence-electron chi connectivity index (χ1n) is 4.91. The Morgan fingerprint density at radius 2 is 2.38 bits per heavy atom. The van der Waals surface area contributed by atoms with Gasteiger partial charge in [-0.25, -0.2) is 9.97 Å². The smallest absolute Gasteiger partial charge is 0.113 e. The van der Waals surface area contributed by atoms with E-state index >= 15 is 0 Å². The average molecular weight is 274 g/mol. The van der Waals surface area contributed by atoms with Crippen molar-refractivity contribution in [1.82, 2.24) is 15.3 Å². The van der Waals surface area contributed by atoms with Gasteiger partial charge in [-0.1, -0.05) is 11.6 Å². The fourth-order valence-electron chi connectivity index (χ4n) is 1.27. The Balaban J connectivity index is 1.91. The van der Waals surface area contributed by atoms with Crippen LogP contribution in [0.5, 0.6) is 0 Å². The summed E-state index contributed by atoms with van der Waals surface area (Å²) in [5.74, 6) is 0. The molecule has 2 rings (SSSR count). The van der Waals surface area contributed by atoms with Crippen LogP contribution in [0.2, 0.25) is 4.34 Å². The molecular formula is C10H12ClN3S2. The zero-order chi connectivity index (χ0) is 11.5. The van der Waals surface area contributed by atoms with Gasteiger partial charge in [0, 0.05) is 17.6 Å². The van der Waals surface area contributed by atoms with Crippen molar-refractivity contribution in [1.29, 1.82) is 0 Å². The summed E-state index contributed by atoms with van der Waals surface area (Å²) in [4.78, 5) is 8.63. The van der Waals surface area contributed by atoms with E-state index in [0.29, 0.717) is 0 Å². The lowest BCUT2D eigenvalue weighted by molar-refractivity contribution is 0.569. The molecular weight excluding hydrogens is 262 g/mol. The molecule has 0 bridgehead atoms. The molecule has 6 heteroatoms. The number of nitrogens with one attached hydrogen (secondary N) is 1. The molecule has 2 aromatic heterocycles. The van der Waals surface area contributed by atoms with E-state index in [1.54, 1.807) is 17.5 Å².